The van der Waals surface area contributed by atoms with E-state index >= 15 is 0 Å². The third-order valence-corrected chi connectivity index (χ3v) is 5.38. The molecule has 1 N–H and O–H groups in total. The molecule has 0 aliphatic heterocycles. The zero-order chi connectivity index (χ0) is 14.4. The van der Waals surface area contributed by atoms with Crippen molar-refractivity contribution in [2.45, 2.75) is 18.3 Å². The topological polar surface area (TPSA) is 29.1 Å². The number of rotatable bonds is 5. The normalized spacial score (nSPS) is 11.9. The first-order chi connectivity index (χ1) is 9.65. The molecule has 2 aromatic rings. The van der Waals surface area contributed by atoms with Gasteiger partial charge in [-0.3, -0.25) is 0 Å². The van der Waals surface area contributed by atoms with Crippen LogP contribution in [0.4, 0.5) is 0 Å². The third kappa shape index (κ3) is 4.68. The summed E-state index contributed by atoms with van der Waals surface area (Å²) in [4.78, 5) is 11.4. The average Bonchev–Trinajstić information content (AvgIpc) is 2.45. The molecule has 0 aromatic heterocycles. The van der Waals surface area contributed by atoms with Gasteiger partial charge in [0, 0.05) is 0 Å². The van der Waals surface area contributed by atoms with E-state index in [1.54, 1.807) is 6.92 Å². The summed E-state index contributed by atoms with van der Waals surface area (Å²) in [6, 6.07) is 18.1. The summed E-state index contributed by atoms with van der Waals surface area (Å²) in [5.74, 6) is -0.00573. The van der Waals surface area contributed by atoms with E-state index in [9.17, 15) is 4.79 Å². The maximum atomic E-state index is 11.4. The molecule has 0 aliphatic rings. The van der Waals surface area contributed by atoms with Gasteiger partial charge in [0.2, 0.25) is 0 Å². The van der Waals surface area contributed by atoms with Crippen molar-refractivity contribution >= 4 is 36.9 Å². The second-order valence-electron chi connectivity index (χ2n) is 4.43. The van der Waals surface area contributed by atoms with Crippen LogP contribution in [0.15, 0.2) is 54.6 Å². The summed E-state index contributed by atoms with van der Waals surface area (Å²) < 4.78 is 1.34. The summed E-state index contributed by atoms with van der Waals surface area (Å²) in [5.41, 5.74) is 1.10. The molecule has 2 nitrogen and oxygen atoms in total. The van der Waals surface area contributed by atoms with Gasteiger partial charge in [-0.25, -0.2) is 0 Å². The zero-order valence-electron chi connectivity index (χ0n) is 11.2. The molecule has 0 aliphatic carbocycles. The average molecular weight is 353 g/mol. The molecular formula is C16H16ClNOSe. The van der Waals surface area contributed by atoms with E-state index < -0.39 is 0 Å². The minimum absolute atomic E-state index is 0.00573. The third-order valence-electron chi connectivity index (χ3n) is 2.81. The van der Waals surface area contributed by atoms with E-state index in [0.29, 0.717) is 20.0 Å². The number of hydrogen-bond donors (Lipinski definition) is 1. The quantitative estimate of drug-likeness (QED) is 0.824. The molecule has 0 bridgehead atoms. The second-order valence-corrected chi connectivity index (χ2v) is 7.16. The van der Waals surface area contributed by atoms with Crippen LogP contribution in [0.25, 0.3) is 0 Å². The molecule has 0 spiro atoms. The summed E-state index contributed by atoms with van der Waals surface area (Å²) in [7, 11) is 0. The fraction of sp³-hybridized carbons (Fsp3) is 0.188. The molecule has 0 saturated carbocycles. The standard InChI is InChI=1S/C16H16ClNOSe/c1-12(19)18-16(13-7-9-14(17)10-8-13)11-20-15-5-3-2-4-6-15/h2-10,16H,11H2,1H3,(H,18,19). The maximum absolute atomic E-state index is 11.4. The summed E-state index contributed by atoms with van der Waals surface area (Å²) in [6.45, 7) is 1.55. The Kier molecular flexibility index (Phi) is 5.66. The number of halogens is 1. The van der Waals surface area contributed by atoms with Crippen molar-refractivity contribution in [3.63, 3.8) is 0 Å². The number of hydrogen-bond acceptors (Lipinski definition) is 1. The molecular weight excluding hydrogens is 337 g/mol. The van der Waals surface area contributed by atoms with Gasteiger partial charge in [-0.15, -0.1) is 0 Å². The van der Waals surface area contributed by atoms with Gasteiger partial charge >= 0.3 is 131 Å². The Morgan fingerprint density at radius 2 is 1.80 bits per heavy atom. The molecule has 0 radical (unpaired) electrons. The molecule has 2 rings (SSSR count). The van der Waals surface area contributed by atoms with Crippen LogP contribution in [-0.4, -0.2) is 20.9 Å². The number of amides is 1. The van der Waals surface area contributed by atoms with Gasteiger partial charge in [-0.05, 0) is 0 Å². The van der Waals surface area contributed by atoms with E-state index in [1.807, 2.05) is 42.5 Å². The molecule has 2 aromatic carbocycles. The molecule has 4 heteroatoms. The molecule has 1 unspecified atom stereocenters. The van der Waals surface area contributed by atoms with Gasteiger partial charge in [-0.2, -0.15) is 0 Å². The number of carbonyl (C=O) groups is 1. The Balaban J connectivity index is 2.07. The number of nitrogens with one attached hydrogen (secondary N) is 1. The van der Waals surface area contributed by atoms with E-state index in [4.69, 9.17) is 11.6 Å². The van der Waals surface area contributed by atoms with Gasteiger partial charge in [0.05, 0.1) is 0 Å². The van der Waals surface area contributed by atoms with Gasteiger partial charge in [0.15, 0.2) is 0 Å². The van der Waals surface area contributed by atoms with Gasteiger partial charge in [0.25, 0.3) is 0 Å². The Hall–Kier alpha value is -1.28. The molecule has 104 valence electrons. The van der Waals surface area contributed by atoms with Crippen LogP contribution in [0.5, 0.6) is 0 Å². The van der Waals surface area contributed by atoms with Crippen molar-refractivity contribution in [3.05, 3.63) is 65.2 Å². The van der Waals surface area contributed by atoms with Crippen molar-refractivity contribution in [2.75, 3.05) is 0 Å². The fourth-order valence-corrected chi connectivity index (χ4v) is 4.05. The van der Waals surface area contributed by atoms with Gasteiger partial charge in [0.1, 0.15) is 0 Å². The van der Waals surface area contributed by atoms with E-state index in [2.05, 4.69) is 17.4 Å². The molecule has 20 heavy (non-hydrogen) atoms. The first-order valence-corrected chi connectivity index (χ1v) is 8.80. The molecule has 0 fully saturated rings. The molecule has 0 heterocycles. The molecule has 1 amide bonds. The summed E-state index contributed by atoms with van der Waals surface area (Å²) in [6.07, 6.45) is 0. The van der Waals surface area contributed by atoms with Crippen molar-refractivity contribution < 1.29 is 4.79 Å². The minimum atomic E-state index is -0.00573. The van der Waals surface area contributed by atoms with Crippen LogP contribution >= 0.6 is 11.6 Å². The second kappa shape index (κ2) is 7.49. The monoisotopic (exact) mass is 353 g/mol. The van der Waals surface area contributed by atoms with E-state index in [1.165, 1.54) is 4.46 Å². The Labute approximate surface area is 130 Å². The number of benzene rings is 2. The van der Waals surface area contributed by atoms with Gasteiger partial charge < -0.3 is 0 Å². The number of carbonyl (C=O) groups excluding carboxylic acids is 1. The van der Waals surface area contributed by atoms with Crippen LogP contribution in [0.3, 0.4) is 0 Å². The SMILES string of the molecule is CC(=O)NC(C[Se]c1ccccc1)c1ccc(Cl)cc1. The van der Waals surface area contributed by atoms with Crippen LogP contribution in [0, 0.1) is 0 Å². The van der Waals surface area contributed by atoms with Crippen LogP contribution in [0.1, 0.15) is 18.5 Å². The summed E-state index contributed by atoms with van der Waals surface area (Å²) in [5, 5.41) is 4.66. The molecule has 1 atom stereocenters. The van der Waals surface area contributed by atoms with E-state index in [0.717, 1.165) is 10.9 Å². The Morgan fingerprint density at radius 3 is 2.40 bits per heavy atom. The first-order valence-electron chi connectivity index (χ1n) is 6.35. The Morgan fingerprint density at radius 1 is 1.15 bits per heavy atom. The molecule has 0 saturated heterocycles. The van der Waals surface area contributed by atoms with Crippen molar-refractivity contribution in [2.24, 2.45) is 0 Å². The van der Waals surface area contributed by atoms with Crippen molar-refractivity contribution in [1.29, 1.82) is 0 Å². The fourth-order valence-electron chi connectivity index (χ4n) is 1.86. The Bertz CT molecular complexity index is 556. The van der Waals surface area contributed by atoms with Crippen LogP contribution < -0.4 is 9.78 Å². The predicted octanol–water partition coefficient (Wildman–Crippen LogP) is 2.97. The van der Waals surface area contributed by atoms with Crippen molar-refractivity contribution in [3.8, 4) is 0 Å². The van der Waals surface area contributed by atoms with Crippen molar-refractivity contribution in [1.82, 2.24) is 5.32 Å². The van der Waals surface area contributed by atoms with Crippen LogP contribution in [0.2, 0.25) is 10.3 Å². The zero-order valence-corrected chi connectivity index (χ0v) is 13.6. The predicted molar refractivity (Wildman–Crippen MR) is 84.6 cm³/mol. The van der Waals surface area contributed by atoms with E-state index in [-0.39, 0.29) is 11.9 Å². The van der Waals surface area contributed by atoms with Crippen LogP contribution in [-0.2, 0) is 4.79 Å². The first kappa shape index (κ1) is 15.1. The van der Waals surface area contributed by atoms with Gasteiger partial charge in [-0.1, -0.05) is 0 Å². The summed E-state index contributed by atoms with van der Waals surface area (Å²) >= 11 is 6.24.